The zero-order valence-electron chi connectivity index (χ0n) is 28.1. The Kier molecular flexibility index (Phi) is 8.16. The van der Waals surface area contributed by atoms with E-state index in [1.807, 2.05) is 71.9 Å². The monoisotopic (exact) mass is 635 g/mol. The molecule has 11 heteroatoms. The number of aryl methyl sites for hydroxylation is 1. The smallest absolute Gasteiger partial charge is 0.410 e. The quantitative estimate of drug-likeness (QED) is 0.260. The SMILES string of the molecule is COc1ccccc1-c1nc2c(cc1C#N)c(N1CCC3(CC1)CN(C(=O)OC(C)(C)C)C3)nc(=O)n2-c1c(C)ccnc1C(C)C. The third-order valence-electron chi connectivity index (χ3n) is 9.08. The maximum atomic E-state index is 14.2. The van der Waals surface area contributed by atoms with Crippen LogP contribution in [0, 0.1) is 23.7 Å². The number of aromatic nitrogens is 4. The van der Waals surface area contributed by atoms with Crippen LogP contribution in [0.25, 0.3) is 28.0 Å². The fraction of sp³-hybridized carbons (Fsp3) is 0.444. The van der Waals surface area contributed by atoms with E-state index in [-0.39, 0.29) is 17.4 Å². The second-order valence-electron chi connectivity index (χ2n) is 14.0. The number of hydrogen-bond donors (Lipinski definition) is 0. The maximum absolute atomic E-state index is 14.2. The van der Waals surface area contributed by atoms with Crippen molar-refractivity contribution in [3.63, 3.8) is 0 Å². The number of piperidine rings is 1. The zero-order chi connectivity index (χ0) is 33.7. The largest absolute Gasteiger partial charge is 0.496 e. The number of nitrogens with zero attached hydrogens (tertiary/aromatic N) is 7. The van der Waals surface area contributed by atoms with Crippen LogP contribution in [0.2, 0.25) is 0 Å². The number of carbonyl (C=O) groups is 1. The highest BCUT2D eigenvalue weighted by Crippen LogP contribution is 2.43. The Balaban J connectivity index is 1.46. The summed E-state index contributed by atoms with van der Waals surface area (Å²) in [6.07, 6.45) is 3.12. The number of hydrogen-bond acceptors (Lipinski definition) is 9. The minimum atomic E-state index is -0.539. The lowest BCUT2D eigenvalue weighted by Gasteiger charge is -2.53. The van der Waals surface area contributed by atoms with Gasteiger partial charge >= 0.3 is 11.8 Å². The van der Waals surface area contributed by atoms with Crippen molar-refractivity contribution < 1.29 is 14.3 Å². The van der Waals surface area contributed by atoms with Crippen LogP contribution >= 0.6 is 0 Å². The Morgan fingerprint density at radius 1 is 1.09 bits per heavy atom. The van der Waals surface area contributed by atoms with Crippen LogP contribution in [0.15, 0.2) is 47.4 Å². The zero-order valence-corrected chi connectivity index (χ0v) is 28.1. The van der Waals surface area contributed by atoms with Gasteiger partial charge in [0.05, 0.1) is 35.1 Å². The molecule has 1 spiro atoms. The van der Waals surface area contributed by atoms with Crippen LogP contribution in [0.1, 0.15) is 70.2 Å². The predicted molar refractivity (Wildman–Crippen MR) is 180 cm³/mol. The average Bonchev–Trinajstić information content (AvgIpc) is 3.02. The molecule has 0 radical (unpaired) electrons. The number of amides is 1. The van der Waals surface area contributed by atoms with Gasteiger partial charge in [0.2, 0.25) is 0 Å². The number of anilines is 1. The maximum Gasteiger partial charge on any atom is 0.410 e. The number of nitriles is 1. The van der Waals surface area contributed by atoms with E-state index < -0.39 is 11.3 Å². The molecular weight excluding hydrogens is 594 g/mol. The number of fused-ring (bicyclic) bond motifs is 1. The lowest BCUT2D eigenvalue weighted by molar-refractivity contribution is -0.0434. The summed E-state index contributed by atoms with van der Waals surface area (Å²) in [5, 5.41) is 11.0. The van der Waals surface area contributed by atoms with Crippen molar-refractivity contribution in [1.29, 1.82) is 5.26 Å². The van der Waals surface area contributed by atoms with Gasteiger partial charge in [-0.05, 0) is 76.3 Å². The fourth-order valence-electron chi connectivity index (χ4n) is 6.72. The lowest BCUT2D eigenvalue weighted by Crippen LogP contribution is -2.62. The van der Waals surface area contributed by atoms with Crippen molar-refractivity contribution >= 4 is 22.9 Å². The van der Waals surface area contributed by atoms with E-state index >= 15 is 0 Å². The average molecular weight is 636 g/mol. The van der Waals surface area contributed by atoms with Crippen molar-refractivity contribution in [2.45, 2.75) is 65.9 Å². The molecule has 244 valence electrons. The molecule has 2 aliphatic rings. The number of benzene rings is 1. The third kappa shape index (κ3) is 5.88. The molecule has 2 fully saturated rings. The summed E-state index contributed by atoms with van der Waals surface area (Å²) in [4.78, 5) is 45.1. The molecule has 0 saturated carbocycles. The summed E-state index contributed by atoms with van der Waals surface area (Å²) in [6.45, 7) is 14.2. The summed E-state index contributed by atoms with van der Waals surface area (Å²) in [7, 11) is 1.58. The molecule has 2 saturated heterocycles. The van der Waals surface area contributed by atoms with Crippen molar-refractivity contribution in [3.05, 3.63) is 69.9 Å². The highest BCUT2D eigenvalue weighted by atomic mass is 16.6. The number of rotatable bonds is 5. The Hall–Kier alpha value is -4.98. The molecule has 11 nitrogen and oxygen atoms in total. The van der Waals surface area contributed by atoms with E-state index in [1.54, 1.807) is 28.8 Å². The van der Waals surface area contributed by atoms with Gasteiger partial charge in [-0.3, -0.25) is 4.98 Å². The summed E-state index contributed by atoms with van der Waals surface area (Å²) in [6, 6.07) is 13.4. The number of para-hydroxylation sites is 1. The topological polar surface area (TPSA) is 126 Å². The second kappa shape index (κ2) is 12.0. The van der Waals surface area contributed by atoms with Crippen molar-refractivity contribution in [3.8, 4) is 28.8 Å². The normalized spacial score (nSPS) is 15.9. The van der Waals surface area contributed by atoms with E-state index in [0.29, 0.717) is 71.3 Å². The van der Waals surface area contributed by atoms with Gasteiger partial charge in [-0.1, -0.05) is 26.0 Å². The van der Waals surface area contributed by atoms with E-state index in [9.17, 15) is 14.9 Å². The minimum absolute atomic E-state index is 0.00424. The molecule has 1 amide bonds. The van der Waals surface area contributed by atoms with Gasteiger partial charge in [0.1, 0.15) is 23.2 Å². The minimum Gasteiger partial charge on any atom is -0.496 e. The van der Waals surface area contributed by atoms with E-state index in [1.165, 1.54) is 0 Å². The number of likely N-dealkylation sites (tertiary alicyclic amines) is 1. The Morgan fingerprint density at radius 3 is 2.43 bits per heavy atom. The van der Waals surface area contributed by atoms with Crippen molar-refractivity contribution in [2.24, 2.45) is 5.41 Å². The van der Waals surface area contributed by atoms with Crippen molar-refractivity contribution in [2.75, 3.05) is 38.2 Å². The van der Waals surface area contributed by atoms with Crippen LogP contribution in [0.4, 0.5) is 10.6 Å². The van der Waals surface area contributed by atoms with Gasteiger partial charge in [-0.25, -0.2) is 19.1 Å². The first-order valence-corrected chi connectivity index (χ1v) is 16.0. The summed E-state index contributed by atoms with van der Waals surface area (Å²) in [5.74, 6) is 1.10. The first-order valence-electron chi connectivity index (χ1n) is 16.0. The number of ether oxygens (including phenoxy) is 2. The Labute approximate surface area is 274 Å². The molecule has 0 N–H and O–H groups in total. The van der Waals surface area contributed by atoms with Gasteiger partial charge in [0, 0.05) is 43.4 Å². The van der Waals surface area contributed by atoms with Gasteiger partial charge in [0.15, 0.2) is 5.65 Å². The number of pyridine rings is 2. The standard InChI is InChI=1S/C36H41N7O4/c1-22(2)28-30(23(3)12-15-38-28)43-32-26(18-24(19-37)29(39-32)25-10-8-9-11-27(25)46-7)31(40-33(43)44)41-16-13-36(14-17-41)20-42(21-36)34(45)47-35(4,5)6/h8-12,15,18,22H,13-14,16-17,20-21H2,1-7H3. The summed E-state index contributed by atoms with van der Waals surface area (Å²) < 4.78 is 12.8. The highest BCUT2D eigenvalue weighted by Gasteiger charge is 2.48. The Morgan fingerprint density at radius 2 is 1.79 bits per heavy atom. The second-order valence-corrected chi connectivity index (χ2v) is 14.0. The number of methoxy groups -OCH3 is 1. The molecular formula is C36H41N7O4. The van der Waals surface area contributed by atoms with Crippen LogP contribution in [0.5, 0.6) is 5.75 Å². The van der Waals surface area contributed by atoms with Crippen LogP contribution < -0.4 is 15.3 Å². The van der Waals surface area contributed by atoms with Crippen molar-refractivity contribution in [1.82, 2.24) is 24.4 Å². The molecule has 47 heavy (non-hydrogen) atoms. The van der Waals surface area contributed by atoms with Crippen LogP contribution in [0.3, 0.4) is 0 Å². The molecule has 0 unspecified atom stereocenters. The van der Waals surface area contributed by atoms with Crippen LogP contribution in [-0.4, -0.2) is 69.4 Å². The van der Waals surface area contributed by atoms with Gasteiger partial charge in [-0.15, -0.1) is 0 Å². The third-order valence-corrected chi connectivity index (χ3v) is 9.08. The molecule has 0 bridgehead atoms. The summed E-state index contributed by atoms with van der Waals surface area (Å²) in [5.41, 5.74) is 3.09. The first-order chi connectivity index (χ1) is 22.3. The van der Waals surface area contributed by atoms with Gasteiger partial charge in [0.25, 0.3) is 0 Å². The number of carbonyl (C=O) groups excluding carboxylic acids is 1. The van der Waals surface area contributed by atoms with E-state index in [0.717, 1.165) is 24.1 Å². The van der Waals surface area contributed by atoms with Crippen LogP contribution in [-0.2, 0) is 4.74 Å². The molecule has 0 aliphatic carbocycles. The van der Waals surface area contributed by atoms with E-state index in [2.05, 4.69) is 20.9 Å². The summed E-state index contributed by atoms with van der Waals surface area (Å²) >= 11 is 0. The van der Waals surface area contributed by atoms with E-state index in [4.69, 9.17) is 14.5 Å². The lowest BCUT2D eigenvalue weighted by atomic mass is 9.72. The fourth-order valence-corrected chi connectivity index (χ4v) is 6.72. The van der Waals surface area contributed by atoms with Gasteiger partial charge in [-0.2, -0.15) is 10.2 Å². The molecule has 4 aromatic rings. The molecule has 6 rings (SSSR count). The molecule has 5 heterocycles. The molecule has 1 aromatic carbocycles. The first kappa shape index (κ1) is 32.0. The highest BCUT2D eigenvalue weighted by molar-refractivity contribution is 5.92. The van der Waals surface area contributed by atoms with Gasteiger partial charge < -0.3 is 19.3 Å². The Bertz CT molecular complexity index is 1960. The molecule has 2 aliphatic heterocycles. The molecule has 3 aromatic heterocycles. The predicted octanol–water partition coefficient (Wildman–Crippen LogP) is 5.99. The molecule has 0 atom stereocenters.